The SMILES string of the molecule is Oc1ccc(C2=CC(O)CC(c3ccc(O)cc3)=C2)cc1. The van der Waals surface area contributed by atoms with E-state index in [4.69, 9.17) is 0 Å². The molecular weight excluding hydrogens is 264 g/mol. The first-order valence-electron chi connectivity index (χ1n) is 6.81. The number of aliphatic hydroxyl groups is 1. The van der Waals surface area contributed by atoms with Crippen LogP contribution in [0.3, 0.4) is 0 Å². The molecule has 0 amide bonds. The minimum absolute atomic E-state index is 0.221. The van der Waals surface area contributed by atoms with Gasteiger partial charge in [-0.25, -0.2) is 0 Å². The zero-order chi connectivity index (χ0) is 14.8. The summed E-state index contributed by atoms with van der Waals surface area (Å²) in [6.07, 6.45) is 3.86. The Hall–Kier alpha value is -2.52. The van der Waals surface area contributed by atoms with Gasteiger partial charge in [-0.2, -0.15) is 0 Å². The predicted molar refractivity (Wildman–Crippen MR) is 82.8 cm³/mol. The van der Waals surface area contributed by atoms with Gasteiger partial charge in [-0.1, -0.05) is 30.3 Å². The molecule has 1 unspecified atom stereocenters. The molecule has 0 bridgehead atoms. The van der Waals surface area contributed by atoms with Gasteiger partial charge in [-0.15, -0.1) is 0 Å². The smallest absolute Gasteiger partial charge is 0.115 e. The van der Waals surface area contributed by atoms with E-state index in [-0.39, 0.29) is 11.5 Å². The third kappa shape index (κ3) is 2.98. The van der Waals surface area contributed by atoms with Crippen LogP contribution in [0.2, 0.25) is 0 Å². The van der Waals surface area contributed by atoms with Crippen LogP contribution in [0.5, 0.6) is 11.5 Å². The zero-order valence-corrected chi connectivity index (χ0v) is 11.4. The van der Waals surface area contributed by atoms with E-state index < -0.39 is 6.10 Å². The van der Waals surface area contributed by atoms with Crippen LogP contribution in [-0.4, -0.2) is 21.4 Å². The second-order valence-corrected chi connectivity index (χ2v) is 5.16. The van der Waals surface area contributed by atoms with Crippen molar-refractivity contribution in [2.45, 2.75) is 12.5 Å². The van der Waals surface area contributed by atoms with E-state index in [2.05, 4.69) is 0 Å². The fourth-order valence-corrected chi connectivity index (χ4v) is 2.50. The molecule has 1 atom stereocenters. The minimum atomic E-state index is -0.539. The van der Waals surface area contributed by atoms with Gasteiger partial charge in [0.2, 0.25) is 0 Å². The topological polar surface area (TPSA) is 60.7 Å². The molecule has 0 fully saturated rings. The highest BCUT2D eigenvalue weighted by Crippen LogP contribution is 2.32. The van der Waals surface area contributed by atoms with E-state index in [1.165, 1.54) is 0 Å². The summed E-state index contributed by atoms with van der Waals surface area (Å²) in [6, 6.07) is 13.9. The van der Waals surface area contributed by atoms with Gasteiger partial charge in [0, 0.05) is 6.42 Å². The predicted octanol–water partition coefficient (Wildman–Crippen LogP) is 3.33. The summed E-state index contributed by atoms with van der Waals surface area (Å²) in [5.41, 5.74) is 3.88. The van der Waals surface area contributed by atoms with Crippen LogP contribution < -0.4 is 0 Å². The maximum atomic E-state index is 10.1. The Kier molecular flexibility index (Phi) is 3.50. The number of phenols is 2. The lowest BCUT2D eigenvalue weighted by Gasteiger charge is -2.19. The molecule has 0 saturated carbocycles. The molecule has 0 spiro atoms. The molecule has 3 rings (SSSR count). The Morgan fingerprint density at radius 1 is 0.762 bits per heavy atom. The van der Waals surface area contributed by atoms with Crippen molar-refractivity contribution in [3.8, 4) is 11.5 Å². The molecule has 0 saturated heterocycles. The average Bonchev–Trinajstić information content (AvgIpc) is 2.48. The lowest BCUT2D eigenvalue weighted by atomic mass is 9.89. The summed E-state index contributed by atoms with van der Waals surface area (Å²) in [5, 5.41) is 28.8. The van der Waals surface area contributed by atoms with E-state index in [0.717, 1.165) is 22.3 Å². The number of hydrogen-bond acceptors (Lipinski definition) is 3. The third-order valence-corrected chi connectivity index (χ3v) is 3.57. The van der Waals surface area contributed by atoms with E-state index in [0.29, 0.717) is 6.42 Å². The molecule has 1 aliphatic carbocycles. The zero-order valence-electron chi connectivity index (χ0n) is 11.4. The molecule has 106 valence electrons. The molecule has 0 radical (unpaired) electrons. The van der Waals surface area contributed by atoms with E-state index in [1.807, 2.05) is 36.4 Å². The first-order chi connectivity index (χ1) is 10.1. The standard InChI is InChI=1S/C18H16O3/c19-16-5-1-12(2-6-16)14-9-15(11-18(21)10-14)13-3-7-17(20)8-4-13/h1-10,18-21H,11H2. The minimum Gasteiger partial charge on any atom is -0.508 e. The molecule has 0 aliphatic heterocycles. The van der Waals surface area contributed by atoms with Crippen LogP contribution in [0.1, 0.15) is 17.5 Å². The molecule has 21 heavy (non-hydrogen) atoms. The van der Waals surface area contributed by atoms with Gasteiger partial charge in [0.15, 0.2) is 0 Å². The number of rotatable bonds is 2. The highest BCUT2D eigenvalue weighted by Gasteiger charge is 2.15. The summed E-state index contributed by atoms with van der Waals surface area (Å²) >= 11 is 0. The summed E-state index contributed by atoms with van der Waals surface area (Å²) in [5.74, 6) is 0.448. The van der Waals surface area contributed by atoms with Crippen molar-refractivity contribution in [1.82, 2.24) is 0 Å². The van der Waals surface area contributed by atoms with Crippen LogP contribution in [0, 0.1) is 0 Å². The number of hydrogen-bond donors (Lipinski definition) is 3. The van der Waals surface area contributed by atoms with Crippen LogP contribution in [-0.2, 0) is 0 Å². The van der Waals surface area contributed by atoms with Gasteiger partial charge in [0.1, 0.15) is 11.5 Å². The van der Waals surface area contributed by atoms with Crippen molar-refractivity contribution in [3.63, 3.8) is 0 Å². The first kappa shape index (κ1) is 13.5. The number of aliphatic hydroxyl groups excluding tert-OH is 1. The van der Waals surface area contributed by atoms with Crippen molar-refractivity contribution < 1.29 is 15.3 Å². The Morgan fingerprint density at radius 2 is 1.29 bits per heavy atom. The van der Waals surface area contributed by atoms with Crippen LogP contribution >= 0.6 is 0 Å². The maximum absolute atomic E-state index is 10.1. The highest BCUT2D eigenvalue weighted by molar-refractivity contribution is 5.86. The van der Waals surface area contributed by atoms with Crippen LogP contribution in [0.15, 0.2) is 60.7 Å². The number of benzene rings is 2. The second-order valence-electron chi connectivity index (χ2n) is 5.16. The van der Waals surface area contributed by atoms with Gasteiger partial charge in [0.05, 0.1) is 6.10 Å². The Labute approximate surface area is 123 Å². The number of phenolic OH excluding ortho intramolecular Hbond substituents is 2. The van der Waals surface area contributed by atoms with E-state index in [1.54, 1.807) is 24.3 Å². The summed E-state index contributed by atoms with van der Waals surface area (Å²) < 4.78 is 0. The fraction of sp³-hybridized carbons (Fsp3) is 0.111. The summed E-state index contributed by atoms with van der Waals surface area (Å²) in [6.45, 7) is 0. The molecule has 2 aromatic rings. The Morgan fingerprint density at radius 3 is 1.86 bits per heavy atom. The van der Waals surface area contributed by atoms with Gasteiger partial charge in [0.25, 0.3) is 0 Å². The third-order valence-electron chi connectivity index (χ3n) is 3.57. The number of allylic oxidation sites excluding steroid dienone is 2. The Bertz CT molecular complexity index is 694. The van der Waals surface area contributed by atoms with Crippen molar-refractivity contribution in [1.29, 1.82) is 0 Å². The molecular formula is C18H16O3. The molecule has 0 heterocycles. The van der Waals surface area contributed by atoms with Gasteiger partial charge >= 0.3 is 0 Å². The monoisotopic (exact) mass is 280 g/mol. The van der Waals surface area contributed by atoms with Crippen LogP contribution in [0.25, 0.3) is 11.1 Å². The van der Waals surface area contributed by atoms with Gasteiger partial charge in [-0.3, -0.25) is 0 Å². The second kappa shape index (κ2) is 5.46. The largest absolute Gasteiger partial charge is 0.508 e. The molecule has 3 N–H and O–H groups in total. The summed E-state index contributed by atoms with van der Waals surface area (Å²) in [4.78, 5) is 0. The highest BCUT2D eigenvalue weighted by atomic mass is 16.3. The first-order valence-corrected chi connectivity index (χ1v) is 6.81. The van der Waals surface area contributed by atoms with E-state index in [9.17, 15) is 15.3 Å². The van der Waals surface area contributed by atoms with Crippen molar-refractivity contribution in [2.24, 2.45) is 0 Å². The van der Waals surface area contributed by atoms with Crippen molar-refractivity contribution >= 4 is 11.1 Å². The van der Waals surface area contributed by atoms with E-state index >= 15 is 0 Å². The van der Waals surface area contributed by atoms with Crippen molar-refractivity contribution in [3.05, 3.63) is 71.8 Å². The average molecular weight is 280 g/mol. The molecule has 3 heteroatoms. The number of aromatic hydroxyl groups is 2. The lowest BCUT2D eigenvalue weighted by molar-refractivity contribution is 0.229. The fourth-order valence-electron chi connectivity index (χ4n) is 2.50. The lowest BCUT2D eigenvalue weighted by Crippen LogP contribution is -2.08. The molecule has 2 aromatic carbocycles. The molecule has 1 aliphatic rings. The normalized spacial score (nSPS) is 18.0. The maximum Gasteiger partial charge on any atom is 0.115 e. The molecule has 3 nitrogen and oxygen atoms in total. The quantitative estimate of drug-likeness (QED) is 0.790. The van der Waals surface area contributed by atoms with Gasteiger partial charge in [-0.05, 0) is 52.6 Å². The van der Waals surface area contributed by atoms with Crippen LogP contribution in [0.4, 0.5) is 0 Å². The van der Waals surface area contributed by atoms with Gasteiger partial charge < -0.3 is 15.3 Å². The summed E-state index contributed by atoms with van der Waals surface area (Å²) in [7, 11) is 0. The molecule has 0 aromatic heterocycles. The Balaban J connectivity index is 1.97. The van der Waals surface area contributed by atoms with Crippen molar-refractivity contribution in [2.75, 3.05) is 0 Å².